The van der Waals surface area contributed by atoms with Crippen LogP contribution >= 0.6 is 0 Å². The van der Waals surface area contributed by atoms with Crippen LogP contribution in [0.25, 0.3) is 11.3 Å². The minimum absolute atomic E-state index is 0.210. The number of amides is 1. The van der Waals surface area contributed by atoms with Gasteiger partial charge in [-0.05, 0) is 61.4 Å². The number of H-pyrrole nitrogens is 1. The first kappa shape index (κ1) is 18.0. The summed E-state index contributed by atoms with van der Waals surface area (Å²) in [6, 6.07) is 13.6. The van der Waals surface area contributed by atoms with E-state index in [1.807, 2.05) is 6.07 Å². The number of nitrogens with one attached hydrogen (secondary N) is 2. The molecule has 28 heavy (non-hydrogen) atoms. The predicted molar refractivity (Wildman–Crippen MR) is 102 cm³/mol. The van der Waals surface area contributed by atoms with Crippen molar-refractivity contribution in [1.82, 2.24) is 15.5 Å². The van der Waals surface area contributed by atoms with Gasteiger partial charge in [0.2, 0.25) is 0 Å². The van der Waals surface area contributed by atoms with Crippen LogP contribution < -0.4 is 5.32 Å². The number of hydrogen-bond acceptors (Lipinski definition) is 3. The molecule has 1 saturated carbocycles. The molecule has 1 aliphatic rings. The quantitative estimate of drug-likeness (QED) is 0.521. The van der Waals surface area contributed by atoms with Crippen LogP contribution in [0.3, 0.4) is 0 Å². The van der Waals surface area contributed by atoms with Crippen LogP contribution in [0.15, 0.2) is 59.6 Å². The molecule has 2 aromatic carbocycles. The normalized spacial score (nSPS) is 14.1. The van der Waals surface area contributed by atoms with Crippen LogP contribution in [-0.4, -0.2) is 28.0 Å². The number of carbonyl (C=O) groups is 1. The van der Waals surface area contributed by atoms with E-state index in [4.69, 9.17) is 0 Å². The molecule has 2 N–H and O–H groups in total. The number of halogens is 2. The SMILES string of the molecule is O=C(NC(Cc1cc(-c2ccc(F)cc2)n[nH]1)=NC1CC1)c1cccc(F)c1. The summed E-state index contributed by atoms with van der Waals surface area (Å²) >= 11 is 0. The summed E-state index contributed by atoms with van der Waals surface area (Å²) in [5, 5.41) is 9.96. The molecule has 0 saturated heterocycles. The number of rotatable bonds is 5. The number of aromatic nitrogens is 2. The second-order valence-corrected chi connectivity index (χ2v) is 6.73. The highest BCUT2D eigenvalue weighted by Gasteiger charge is 2.22. The summed E-state index contributed by atoms with van der Waals surface area (Å²) in [4.78, 5) is 17.0. The van der Waals surface area contributed by atoms with Crippen LogP contribution in [-0.2, 0) is 6.42 Å². The van der Waals surface area contributed by atoms with E-state index >= 15 is 0 Å². The first-order valence-corrected chi connectivity index (χ1v) is 9.00. The van der Waals surface area contributed by atoms with E-state index in [0.717, 1.165) is 24.1 Å². The fourth-order valence-electron chi connectivity index (χ4n) is 2.78. The van der Waals surface area contributed by atoms with Crippen molar-refractivity contribution < 1.29 is 13.6 Å². The Morgan fingerprint density at radius 1 is 1.11 bits per heavy atom. The standard InChI is InChI=1S/C21H18F2N4O/c22-15-6-4-13(5-7-15)19-11-18(26-27-19)12-20(24-17-8-9-17)25-21(28)14-2-1-3-16(23)10-14/h1-7,10-11,17H,8-9,12H2,(H,26,27)(H,24,25,28). The number of amidine groups is 1. The van der Waals surface area contributed by atoms with Crippen LogP contribution in [0.2, 0.25) is 0 Å². The molecule has 5 nitrogen and oxygen atoms in total. The molecule has 1 fully saturated rings. The molecule has 0 aliphatic heterocycles. The van der Waals surface area contributed by atoms with Gasteiger partial charge in [-0.3, -0.25) is 14.9 Å². The maximum Gasteiger partial charge on any atom is 0.256 e. The molecule has 0 radical (unpaired) electrons. The topological polar surface area (TPSA) is 70.1 Å². The fourth-order valence-corrected chi connectivity index (χ4v) is 2.78. The van der Waals surface area contributed by atoms with Crippen LogP contribution in [0.4, 0.5) is 8.78 Å². The van der Waals surface area contributed by atoms with Gasteiger partial charge in [-0.25, -0.2) is 8.78 Å². The third-order valence-electron chi connectivity index (χ3n) is 4.36. The van der Waals surface area contributed by atoms with E-state index < -0.39 is 11.7 Å². The van der Waals surface area contributed by atoms with E-state index in [1.54, 1.807) is 18.2 Å². The first-order valence-electron chi connectivity index (χ1n) is 9.00. The van der Waals surface area contributed by atoms with Crippen molar-refractivity contribution in [3.05, 3.63) is 77.5 Å². The zero-order valence-corrected chi connectivity index (χ0v) is 15.0. The van der Waals surface area contributed by atoms with Gasteiger partial charge in [-0.15, -0.1) is 0 Å². The Morgan fingerprint density at radius 3 is 2.61 bits per heavy atom. The molecule has 0 spiro atoms. The van der Waals surface area contributed by atoms with Crippen molar-refractivity contribution in [1.29, 1.82) is 0 Å². The highest BCUT2D eigenvalue weighted by atomic mass is 19.1. The summed E-state index contributed by atoms with van der Waals surface area (Å²) < 4.78 is 26.5. The Labute approximate surface area is 160 Å². The first-order chi connectivity index (χ1) is 13.6. The molecule has 4 rings (SSSR count). The summed E-state index contributed by atoms with van der Waals surface area (Å²) in [5.74, 6) is -0.674. The van der Waals surface area contributed by atoms with Crippen molar-refractivity contribution in [2.75, 3.05) is 0 Å². The third kappa shape index (κ3) is 4.49. The van der Waals surface area contributed by atoms with Crippen LogP contribution in [0.1, 0.15) is 28.9 Å². The lowest BCUT2D eigenvalue weighted by Crippen LogP contribution is -2.32. The molecule has 1 heterocycles. The second-order valence-electron chi connectivity index (χ2n) is 6.73. The maximum atomic E-state index is 13.4. The number of aliphatic imine (C=N–C) groups is 1. The number of nitrogens with zero attached hydrogens (tertiary/aromatic N) is 2. The van der Waals surface area contributed by atoms with Gasteiger partial charge in [0, 0.05) is 23.2 Å². The van der Waals surface area contributed by atoms with E-state index in [2.05, 4.69) is 20.5 Å². The fraction of sp³-hybridized carbons (Fsp3) is 0.190. The highest BCUT2D eigenvalue weighted by molar-refractivity contribution is 6.07. The van der Waals surface area contributed by atoms with Crippen molar-refractivity contribution in [3.63, 3.8) is 0 Å². The molecule has 142 valence electrons. The molecular formula is C21H18F2N4O. The average Bonchev–Trinajstić information content (AvgIpc) is 3.37. The zero-order chi connectivity index (χ0) is 19.5. The molecule has 0 bridgehead atoms. The Hall–Kier alpha value is -3.35. The molecule has 3 aromatic rings. The van der Waals surface area contributed by atoms with Crippen LogP contribution in [0, 0.1) is 11.6 Å². The van der Waals surface area contributed by atoms with E-state index in [9.17, 15) is 13.6 Å². The van der Waals surface area contributed by atoms with Crippen LogP contribution in [0.5, 0.6) is 0 Å². The molecule has 7 heteroatoms. The molecule has 0 unspecified atom stereocenters. The number of carbonyl (C=O) groups excluding carboxylic acids is 1. The molecule has 1 aromatic heterocycles. The van der Waals surface area contributed by atoms with Crippen molar-refractivity contribution in [2.24, 2.45) is 4.99 Å². The van der Waals surface area contributed by atoms with Crippen molar-refractivity contribution in [2.45, 2.75) is 25.3 Å². The average molecular weight is 380 g/mol. The lowest BCUT2D eigenvalue weighted by molar-refractivity contribution is 0.0976. The number of hydrogen-bond donors (Lipinski definition) is 2. The van der Waals surface area contributed by atoms with E-state index in [-0.39, 0.29) is 17.4 Å². The monoisotopic (exact) mass is 380 g/mol. The summed E-state index contributed by atoms with van der Waals surface area (Å²) in [6.45, 7) is 0. The van der Waals surface area contributed by atoms with Gasteiger partial charge in [-0.2, -0.15) is 5.10 Å². The molecular weight excluding hydrogens is 362 g/mol. The minimum Gasteiger partial charge on any atom is -0.310 e. The number of benzene rings is 2. The van der Waals surface area contributed by atoms with Gasteiger partial charge >= 0.3 is 0 Å². The van der Waals surface area contributed by atoms with Gasteiger partial charge in [0.1, 0.15) is 17.5 Å². The lowest BCUT2D eigenvalue weighted by atomic mass is 10.1. The smallest absolute Gasteiger partial charge is 0.256 e. The summed E-state index contributed by atoms with van der Waals surface area (Å²) in [6.07, 6.45) is 2.33. The Bertz CT molecular complexity index is 1020. The van der Waals surface area contributed by atoms with Gasteiger partial charge < -0.3 is 5.32 Å². The van der Waals surface area contributed by atoms with Crippen molar-refractivity contribution >= 4 is 11.7 Å². The largest absolute Gasteiger partial charge is 0.310 e. The molecule has 0 atom stereocenters. The second kappa shape index (κ2) is 7.72. The number of aromatic amines is 1. The predicted octanol–water partition coefficient (Wildman–Crippen LogP) is 3.89. The lowest BCUT2D eigenvalue weighted by Gasteiger charge is -2.08. The summed E-state index contributed by atoms with van der Waals surface area (Å²) in [5.41, 5.74) is 2.46. The Morgan fingerprint density at radius 2 is 1.89 bits per heavy atom. The maximum absolute atomic E-state index is 13.4. The van der Waals surface area contributed by atoms with E-state index in [1.165, 1.54) is 30.3 Å². The van der Waals surface area contributed by atoms with Gasteiger partial charge in [-0.1, -0.05) is 6.07 Å². The summed E-state index contributed by atoms with van der Waals surface area (Å²) in [7, 11) is 0. The van der Waals surface area contributed by atoms with Crippen molar-refractivity contribution in [3.8, 4) is 11.3 Å². The van der Waals surface area contributed by atoms with Gasteiger partial charge in [0.05, 0.1) is 11.7 Å². The third-order valence-corrected chi connectivity index (χ3v) is 4.36. The molecule has 1 amide bonds. The van der Waals surface area contributed by atoms with E-state index in [0.29, 0.717) is 18.0 Å². The Kier molecular flexibility index (Phi) is 4.97. The van der Waals surface area contributed by atoms with Gasteiger partial charge in [0.15, 0.2) is 0 Å². The highest BCUT2D eigenvalue weighted by Crippen LogP contribution is 2.24. The Balaban J connectivity index is 1.50. The minimum atomic E-state index is -0.467. The van der Waals surface area contributed by atoms with Gasteiger partial charge in [0.25, 0.3) is 5.91 Å². The zero-order valence-electron chi connectivity index (χ0n) is 15.0. The molecule has 1 aliphatic carbocycles.